The molecule has 1 aromatic rings. The molecule has 0 radical (unpaired) electrons. The molecule has 0 saturated carbocycles. The quantitative estimate of drug-likeness (QED) is 0.756. The molecule has 0 aliphatic rings. The van der Waals surface area contributed by atoms with Gasteiger partial charge in [-0.3, -0.25) is 4.79 Å². The number of aryl methyl sites for hydroxylation is 1. The molecule has 0 N–H and O–H groups in total. The molecule has 0 aromatic heterocycles. The second kappa shape index (κ2) is 5.96. The van der Waals surface area contributed by atoms with E-state index in [9.17, 15) is 13.6 Å². The SMILES string of the molecule is CCc1cc(OC(F)F)ccc1C(Cl)C(C)=O. The van der Waals surface area contributed by atoms with Crippen molar-refractivity contribution in [1.29, 1.82) is 0 Å². The molecular formula is C12H13ClF2O2. The summed E-state index contributed by atoms with van der Waals surface area (Å²) in [6.07, 6.45) is 0.590. The van der Waals surface area contributed by atoms with E-state index in [1.54, 1.807) is 6.07 Å². The maximum Gasteiger partial charge on any atom is 0.387 e. The molecule has 0 spiro atoms. The summed E-state index contributed by atoms with van der Waals surface area (Å²) in [6, 6.07) is 4.42. The number of hydrogen-bond donors (Lipinski definition) is 0. The fraction of sp³-hybridized carbons (Fsp3) is 0.417. The summed E-state index contributed by atoms with van der Waals surface area (Å²) in [7, 11) is 0. The molecule has 0 heterocycles. The Hall–Kier alpha value is -1.16. The minimum Gasteiger partial charge on any atom is -0.435 e. The highest BCUT2D eigenvalue weighted by Gasteiger charge is 2.17. The summed E-state index contributed by atoms with van der Waals surface area (Å²) >= 11 is 5.94. The van der Waals surface area contributed by atoms with E-state index in [2.05, 4.69) is 4.74 Å². The molecule has 1 aromatic carbocycles. The minimum absolute atomic E-state index is 0.0769. The summed E-state index contributed by atoms with van der Waals surface area (Å²) in [5, 5.41) is -0.745. The van der Waals surface area contributed by atoms with Crippen LogP contribution in [0.15, 0.2) is 18.2 Å². The third-order valence-corrected chi connectivity index (χ3v) is 2.89. The molecule has 0 aliphatic carbocycles. The number of benzene rings is 1. The Labute approximate surface area is 104 Å². The number of rotatable bonds is 5. The molecule has 94 valence electrons. The van der Waals surface area contributed by atoms with Gasteiger partial charge in [0.1, 0.15) is 11.1 Å². The van der Waals surface area contributed by atoms with Crippen LogP contribution in [-0.2, 0) is 11.2 Å². The highest BCUT2D eigenvalue weighted by molar-refractivity contribution is 6.30. The molecule has 0 aliphatic heterocycles. The van der Waals surface area contributed by atoms with Crippen molar-refractivity contribution in [2.75, 3.05) is 0 Å². The van der Waals surface area contributed by atoms with Crippen molar-refractivity contribution in [2.45, 2.75) is 32.3 Å². The summed E-state index contributed by atoms with van der Waals surface area (Å²) in [6.45, 7) is 0.389. The molecular weight excluding hydrogens is 250 g/mol. The first kappa shape index (κ1) is 13.9. The van der Waals surface area contributed by atoms with Crippen LogP contribution in [0, 0.1) is 0 Å². The fourth-order valence-corrected chi connectivity index (χ4v) is 1.74. The molecule has 0 fully saturated rings. The Kier molecular flexibility index (Phi) is 4.87. The number of ether oxygens (including phenoxy) is 1. The van der Waals surface area contributed by atoms with Gasteiger partial charge in [0.15, 0.2) is 5.78 Å². The number of hydrogen-bond acceptors (Lipinski definition) is 2. The number of Topliss-reactive ketones (excluding diaryl/α,β-unsaturated/α-hetero) is 1. The van der Waals surface area contributed by atoms with Crippen LogP contribution >= 0.6 is 11.6 Å². The van der Waals surface area contributed by atoms with Gasteiger partial charge in [-0.05, 0) is 36.6 Å². The van der Waals surface area contributed by atoms with Crippen molar-refractivity contribution in [1.82, 2.24) is 0 Å². The lowest BCUT2D eigenvalue weighted by molar-refractivity contribution is -0.116. The molecule has 0 saturated heterocycles. The zero-order valence-corrected chi connectivity index (χ0v) is 10.3. The predicted molar refractivity (Wildman–Crippen MR) is 61.7 cm³/mol. The highest BCUT2D eigenvalue weighted by Crippen LogP contribution is 2.29. The smallest absolute Gasteiger partial charge is 0.387 e. The number of halogens is 3. The average molecular weight is 263 g/mol. The summed E-state index contributed by atoms with van der Waals surface area (Å²) in [4.78, 5) is 11.2. The second-order valence-electron chi connectivity index (χ2n) is 3.57. The van der Waals surface area contributed by atoms with Gasteiger partial charge in [-0.25, -0.2) is 0 Å². The molecule has 2 nitrogen and oxygen atoms in total. The van der Waals surface area contributed by atoms with E-state index >= 15 is 0 Å². The lowest BCUT2D eigenvalue weighted by Crippen LogP contribution is -2.07. The first-order valence-corrected chi connectivity index (χ1v) is 5.61. The first-order valence-electron chi connectivity index (χ1n) is 5.17. The second-order valence-corrected chi connectivity index (χ2v) is 4.00. The number of carbonyl (C=O) groups is 1. The van der Waals surface area contributed by atoms with Gasteiger partial charge < -0.3 is 4.74 Å². The van der Waals surface area contributed by atoms with Crippen molar-refractivity contribution in [3.63, 3.8) is 0 Å². The van der Waals surface area contributed by atoms with Crippen molar-refractivity contribution >= 4 is 17.4 Å². The van der Waals surface area contributed by atoms with Gasteiger partial charge in [0.25, 0.3) is 0 Å². The van der Waals surface area contributed by atoms with Gasteiger partial charge in [0, 0.05) is 0 Å². The van der Waals surface area contributed by atoms with E-state index in [1.165, 1.54) is 19.1 Å². The fourth-order valence-electron chi connectivity index (χ4n) is 1.53. The Bertz CT molecular complexity index is 407. The van der Waals surface area contributed by atoms with E-state index in [4.69, 9.17) is 11.6 Å². The third kappa shape index (κ3) is 3.66. The normalized spacial score (nSPS) is 12.6. The largest absolute Gasteiger partial charge is 0.435 e. The zero-order valence-electron chi connectivity index (χ0n) is 9.54. The Morgan fingerprint density at radius 1 is 1.47 bits per heavy atom. The lowest BCUT2D eigenvalue weighted by Gasteiger charge is -2.13. The topological polar surface area (TPSA) is 26.3 Å². The molecule has 1 atom stereocenters. The van der Waals surface area contributed by atoms with Gasteiger partial charge in [-0.2, -0.15) is 8.78 Å². The van der Waals surface area contributed by atoms with Crippen molar-refractivity contribution in [2.24, 2.45) is 0 Å². The van der Waals surface area contributed by atoms with Crippen LogP contribution in [0.2, 0.25) is 0 Å². The maximum atomic E-state index is 12.0. The Morgan fingerprint density at radius 2 is 2.12 bits per heavy atom. The average Bonchev–Trinajstić information content (AvgIpc) is 2.27. The van der Waals surface area contributed by atoms with Crippen molar-refractivity contribution < 1.29 is 18.3 Å². The minimum atomic E-state index is -2.86. The lowest BCUT2D eigenvalue weighted by atomic mass is 10.00. The van der Waals surface area contributed by atoms with Crippen LogP contribution in [-0.4, -0.2) is 12.4 Å². The van der Waals surface area contributed by atoms with Gasteiger partial charge in [0.05, 0.1) is 0 Å². The zero-order chi connectivity index (χ0) is 13.0. The van der Waals surface area contributed by atoms with E-state index in [0.717, 1.165) is 5.56 Å². The number of alkyl halides is 3. The van der Waals surface area contributed by atoms with E-state index in [0.29, 0.717) is 12.0 Å². The summed E-state index contributed by atoms with van der Waals surface area (Å²) < 4.78 is 28.4. The standard InChI is InChI=1S/C12H13ClF2O2/c1-3-8-6-9(17-12(14)15)4-5-10(8)11(13)7(2)16/h4-6,11-12H,3H2,1-2H3. The van der Waals surface area contributed by atoms with E-state index in [-0.39, 0.29) is 11.5 Å². The van der Waals surface area contributed by atoms with Gasteiger partial charge in [-0.1, -0.05) is 13.0 Å². The van der Waals surface area contributed by atoms with Gasteiger partial charge in [-0.15, -0.1) is 11.6 Å². The maximum absolute atomic E-state index is 12.0. The summed E-state index contributed by atoms with van der Waals surface area (Å²) in [5.41, 5.74) is 1.38. The van der Waals surface area contributed by atoms with Crippen molar-refractivity contribution in [3.05, 3.63) is 29.3 Å². The molecule has 1 unspecified atom stereocenters. The van der Waals surface area contributed by atoms with Crippen LogP contribution in [0.25, 0.3) is 0 Å². The van der Waals surface area contributed by atoms with E-state index in [1.807, 2.05) is 6.92 Å². The molecule has 5 heteroatoms. The van der Waals surface area contributed by atoms with Crippen LogP contribution < -0.4 is 4.74 Å². The molecule has 1 rings (SSSR count). The Balaban J connectivity index is 3.05. The third-order valence-electron chi connectivity index (χ3n) is 2.35. The molecule has 0 amide bonds. The summed E-state index contributed by atoms with van der Waals surface area (Å²) in [5.74, 6) is -0.100. The van der Waals surface area contributed by atoms with Gasteiger partial charge >= 0.3 is 6.61 Å². The number of ketones is 1. The Morgan fingerprint density at radius 3 is 2.59 bits per heavy atom. The number of carbonyl (C=O) groups excluding carboxylic acids is 1. The van der Waals surface area contributed by atoms with Crippen LogP contribution in [0.1, 0.15) is 30.4 Å². The van der Waals surface area contributed by atoms with Crippen LogP contribution in [0.4, 0.5) is 8.78 Å². The first-order chi connectivity index (χ1) is 7.95. The van der Waals surface area contributed by atoms with Gasteiger partial charge in [0.2, 0.25) is 0 Å². The van der Waals surface area contributed by atoms with Crippen LogP contribution in [0.3, 0.4) is 0 Å². The predicted octanol–water partition coefficient (Wildman–Crippen LogP) is 3.72. The molecule has 17 heavy (non-hydrogen) atoms. The van der Waals surface area contributed by atoms with Crippen LogP contribution in [0.5, 0.6) is 5.75 Å². The van der Waals surface area contributed by atoms with E-state index < -0.39 is 12.0 Å². The van der Waals surface area contributed by atoms with Crippen molar-refractivity contribution in [3.8, 4) is 5.75 Å². The highest BCUT2D eigenvalue weighted by atomic mass is 35.5. The molecule has 0 bridgehead atoms. The monoisotopic (exact) mass is 262 g/mol.